The summed E-state index contributed by atoms with van der Waals surface area (Å²) in [7, 11) is -3.81. The molecular weight excluding hydrogens is 372 g/mol. The normalized spacial score (nSPS) is 12.5. The lowest BCUT2D eigenvalue weighted by molar-refractivity contribution is -0.123. The van der Waals surface area contributed by atoms with Crippen molar-refractivity contribution in [2.45, 2.75) is 17.9 Å². The second-order valence-electron chi connectivity index (χ2n) is 5.74. The van der Waals surface area contributed by atoms with E-state index in [1.165, 1.54) is 37.5 Å². The lowest BCUT2D eigenvalue weighted by Gasteiger charge is -2.13. The van der Waals surface area contributed by atoms with Crippen LogP contribution in [0.25, 0.3) is 11.0 Å². The number of hydrogen-bond acceptors (Lipinski definition) is 6. The lowest BCUT2D eigenvalue weighted by Crippen LogP contribution is -2.30. The lowest BCUT2D eigenvalue weighted by atomic mass is 10.2. The second kappa shape index (κ2) is 7.17. The number of aromatic amines is 1. The molecule has 1 amide bonds. The quantitative estimate of drug-likeness (QED) is 0.563. The maximum atomic E-state index is 12.2. The van der Waals surface area contributed by atoms with Crippen molar-refractivity contribution >= 4 is 38.6 Å². The molecule has 0 aliphatic heterocycles. The van der Waals surface area contributed by atoms with Gasteiger partial charge < -0.3 is 15.0 Å². The highest BCUT2D eigenvalue weighted by Crippen LogP contribution is 2.15. The summed E-state index contributed by atoms with van der Waals surface area (Å²) in [5.74, 6) is -1.21. The highest BCUT2D eigenvalue weighted by Gasteiger charge is 2.19. The predicted octanol–water partition coefficient (Wildman–Crippen LogP) is 1.39. The number of ether oxygens (including phenoxy) is 1. The Kier molecular flexibility index (Phi) is 4.93. The highest BCUT2D eigenvalue weighted by molar-refractivity contribution is 7.89. The van der Waals surface area contributed by atoms with Gasteiger partial charge in [0.25, 0.3) is 5.91 Å². The van der Waals surface area contributed by atoms with Crippen LogP contribution in [-0.4, -0.2) is 36.4 Å². The van der Waals surface area contributed by atoms with E-state index < -0.39 is 28.0 Å². The molecule has 0 fully saturated rings. The molecule has 0 saturated heterocycles. The van der Waals surface area contributed by atoms with E-state index in [0.717, 1.165) is 0 Å². The number of nitrogens with zero attached hydrogens (tertiary/aromatic N) is 1. The van der Waals surface area contributed by atoms with Crippen molar-refractivity contribution in [1.82, 2.24) is 9.97 Å². The Morgan fingerprint density at radius 1 is 1.19 bits per heavy atom. The number of sulfonamides is 1. The molecule has 9 nitrogen and oxygen atoms in total. The summed E-state index contributed by atoms with van der Waals surface area (Å²) in [4.78, 5) is 31.3. The first-order valence-corrected chi connectivity index (χ1v) is 9.36. The molecule has 27 heavy (non-hydrogen) atoms. The van der Waals surface area contributed by atoms with Gasteiger partial charge in [-0.05, 0) is 49.4 Å². The molecule has 0 aliphatic rings. The van der Waals surface area contributed by atoms with Crippen molar-refractivity contribution in [2.75, 3.05) is 5.32 Å². The van der Waals surface area contributed by atoms with Crippen molar-refractivity contribution in [3.05, 3.63) is 54.4 Å². The molecule has 0 radical (unpaired) electrons. The number of nitrogens with one attached hydrogen (secondary N) is 2. The number of primary sulfonamides is 1. The molecule has 0 aliphatic carbocycles. The van der Waals surface area contributed by atoms with E-state index in [2.05, 4.69) is 15.3 Å². The monoisotopic (exact) mass is 388 g/mol. The van der Waals surface area contributed by atoms with Crippen molar-refractivity contribution in [3.8, 4) is 0 Å². The first-order chi connectivity index (χ1) is 12.7. The van der Waals surface area contributed by atoms with E-state index in [1.807, 2.05) is 0 Å². The maximum Gasteiger partial charge on any atom is 0.338 e. The SMILES string of the molecule is CC(OC(=O)c1ccc2nc[nH]c2c1)C(=O)Nc1ccc(S(N)(=O)=O)cc1. The van der Waals surface area contributed by atoms with Gasteiger partial charge in [0, 0.05) is 5.69 Å². The van der Waals surface area contributed by atoms with Gasteiger partial charge in [0.1, 0.15) is 0 Å². The first kappa shape index (κ1) is 18.5. The highest BCUT2D eigenvalue weighted by atomic mass is 32.2. The first-order valence-electron chi connectivity index (χ1n) is 7.82. The van der Waals surface area contributed by atoms with Gasteiger partial charge in [-0.25, -0.2) is 23.3 Å². The Bertz CT molecular complexity index is 1110. The molecule has 4 N–H and O–H groups in total. The Labute approximate surface area is 154 Å². The predicted molar refractivity (Wildman–Crippen MR) is 97.4 cm³/mol. The van der Waals surface area contributed by atoms with Gasteiger partial charge >= 0.3 is 5.97 Å². The molecule has 1 heterocycles. The Morgan fingerprint density at radius 2 is 1.89 bits per heavy atom. The number of H-pyrrole nitrogens is 1. The average Bonchev–Trinajstić information content (AvgIpc) is 3.09. The van der Waals surface area contributed by atoms with Gasteiger partial charge in [0.2, 0.25) is 10.0 Å². The zero-order valence-electron chi connectivity index (χ0n) is 14.2. The van der Waals surface area contributed by atoms with Crippen LogP contribution in [0, 0.1) is 0 Å². The fourth-order valence-electron chi connectivity index (χ4n) is 2.32. The molecule has 2 aromatic carbocycles. The van der Waals surface area contributed by atoms with Gasteiger partial charge in [0.05, 0.1) is 27.8 Å². The zero-order chi connectivity index (χ0) is 19.6. The zero-order valence-corrected chi connectivity index (χ0v) is 15.0. The smallest absolute Gasteiger partial charge is 0.338 e. The Hall–Kier alpha value is -3.24. The number of rotatable bonds is 5. The molecule has 0 bridgehead atoms. The molecule has 0 spiro atoms. The summed E-state index contributed by atoms with van der Waals surface area (Å²) in [6.45, 7) is 1.43. The van der Waals surface area contributed by atoms with Crippen LogP contribution < -0.4 is 10.5 Å². The van der Waals surface area contributed by atoms with E-state index in [1.54, 1.807) is 18.2 Å². The third-order valence-electron chi connectivity index (χ3n) is 3.76. The van der Waals surface area contributed by atoms with Gasteiger partial charge in [0.15, 0.2) is 6.10 Å². The summed E-state index contributed by atoms with van der Waals surface area (Å²) in [6, 6.07) is 10.1. The molecule has 140 valence electrons. The standard InChI is InChI=1S/C17H16N4O5S/c1-10(16(22)21-12-3-5-13(6-4-12)27(18,24)25)26-17(23)11-2-7-14-15(8-11)20-9-19-14/h2-10H,1H3,(H,19,20)(H,21,22)(H2,18,24,25). The van der Waals surface area contributed by atoms with E-state index in [0.29, 0.717) is 16.7 Å². The van der Waals surface area contributed by atoms with Gasteiger partial charge in [-0.3, -0.25) is 4.79 Å². The number of amides is 1. The van der Waals surface area contributed by atoms with Gasteiger partial charge in [-0.2, -0.15) is 0 Å². The van der Waals surface area contributed by atoms with Gasteiger partial charge in [-0.1, -0.05) is 0 Å². The molecule has 10 heteroatoms. The number of hydrogen-bond donors (Lipinski definition) is 3. The maximum absolute atomic E-state index is 12.2. The number of aromatic nitrogens is 2. The molecule has 0 saturated carbocycles. The number of esters is 1. The fraction of sp³-hybridized carbons (Fsp3) is 0.118. The summed E-state index contributed by atoms with van der Waals surface area (Å²) in [6.07, 6.45) is 0.449. The van der Waals surface area contributed by atoms with Gasteiger partial charge in [-0.15, -0.1) is 0 Å². The number of benzene rings is 2. The van der Waals surface area contributed by atoms with Crippen molar-refractivity contribution < 1.29 is 22.7 Å². The molecular formula is C17H16N4O5S. The summed E-state index contributed by atoms with van der Waals surface area (Å²) in [5, 5.41) is 7.55. The van der Waals surface area contributed by atoms with E-state index in [9.17, 15) is 18.0 Å². The number of carbonyl (C=O) groups excluding carboxylic acids is 2. The van der Waals surface area contributed by atoms with E-state index in [-0.39, 0.29) is 10.5 Å². The molecule has 1 unspecified atom stereocenters. The van der Waals surface area contributed by atoms with Crippen LogP contribution >= 0.6 is 0 Å². The number of nitrogens with two attached hydrogens (primary N) is 1. The molecule has 1 aromatic heterocycles. The second-order valence-corrected chi connectivity index (χ2v) is 7.30. The van der Waals surface area contributed by atoms with E-state index in [4.69, 9.17) is 9.88 Å². The van der Waals surface area contributed by atoms with Crippen LogP contribution in [0.1, 0.15) is 17.3 Å². The topological polar surface area (TPSA) is 144 Å². The number of imidazole rings is 1. The number of carbonyl (C=O) groups is 2. The third-order valence-corrected chi connectivity index (χ3v) is 4.69. The van der Waals surface area contributed by atoms with Crippen LogP contribution in [0.4, 0.5) is 5.69 Å². The van der Waals surface area contributed by atoms with Crippen LogP contribution in [0.3, 0.4) is 0 Å². The van der Waals surface area contributed by atoms with E-state index >= 15 is 0 Å². The summed E-state index contributed by atoms with van der Waals surface area (Å²) < 4.78 is 27.6. The van der Waals surface area contributed by atoms with Crippen LogP contribution in [0.15, 0.2) is 53.7 Å². The van der Waals surface area contributed by atoms with Crippen molar-refractivity contribution in [2.24, 2.45) is 5.14 Å². The number of anilines is 1. The minimum atomic E-state index is -3.81. The summed E-state index contributed by atoms with van der Waals surface area (Å²) in [5.41, 5.74) is 2.01. The van der Waals surface area contributed by atoms with Crippen LogP contribution in [-0.2, 0) is 19.6 Å². The molecule has 3 rings (SSSR count). The number of fused-ring (bicyclic) bond motifs is 1. The fourth-order valence-corrected chi connectivity index (χ4v) is 2.83. The van der Waals surface area contributed by atoms with Crippen LogP contribution in [0.5, 0.6) is 0 Å². The largest absolute Gasteiger partial charge is 0.449 e. The summed E-state index contributed by atoms with van der Waals surface area (Å²) >= 11 is 0. The Balaban J connectivity index is 1.63. The Morgan fingerprint density at radius 3 is 2.56 bits per heavy atom. The molecule has 3 aromatic rings. The van der Waals surface area contributed by atoms with Crippen molar-refractivity contribution in [1.29, 1.82) is 0 Å². The third kappa shape index (κ3) is 4.30. The van der Waals surface area contributed by atoms with Crippen molar-refractivity contribution in [3.63, 3.8) is 0 Å². The average molecular weight is 388 g/mol. The minimum Gasteiger partial charge on any atom is -0.449 e. The van der Waals surface area contributed by atoms with Crippen LogP contribution in [0.2, 0.25) is 0 Å². The molecule has 1 atom stereocenters. The minimum absolute atomic E-state index is 0.0748.